The number of halogens is 1. The topological polar surface area (TPSA) is 112 Å². The highest BCUT2D eigenvalue weighted by molar-refractivity contribution is 5.84. The van der Waals surface area contributed by atoms with Crippen LogP contribution in [0.25, 0.3) is 27.9 Å². The number of nitrogens with one attached hydrogen (secondary N) is 1. The predicted molar refractivity (Wildman–Crippen MR) is 135 cm³/mol. The normalized spacial score (nSPS) is 14.2. The smallest absolute Gasteiger partial charge is 0.266 e. The second-order valence-corrected chi connectivity index (χ2v) is 8.97. The van der Waals surface area contributed by atoms with Crippen molar-refractivity contribution in [2.45, 2.75) is 31.7 Å². The highest BCUT2D eigenvalue weighted by Crippen LogP contribution is 2.40. The molecule has 180 valence electrons. The van der Waals surface area contributed by atoms with Crippen LogP contribution in [-0.2, 0) is 0 Å². The molecule has 0 unspecified atom stereocenters. The van der Waals surface area contributed by atoms with Gasteiger partial charge in [-0.2, -0.15) is 4.98 Å². The number of para-hydroxylation sites is 1. The van der Waals surface area contributed by atoms with Crippen molar-refractivity contribution in [2.24, 2.45) is 0 Å². The van der Waals surface area contributed by atoms with E-state index in [4.69, 9.17) is 10.3 Å². The summed E-state index contributed by atoms with van der Waals surface area (Å²) in [5.74, 6) is 1.17. The summed E-state index contributed by atoms with van der Waals surface area (Å²) < 4.78 is 21.7. The van der Waals surface area contributed by atoms with Gasteiger partial charge in [-0.05, 0) is 55.5 Å². The number of nitrogens with zero attached hydrogens (tertiary/aromatic N) is 4. The molecule has 0 bridgehead atoms. The van der Waals surface area contributed by atoms with E-state index in [-0.39, 0.29) is 5.39 Å². The molecule has 0 radical (unpaired) electrons. The standard InChI is InChI=1S/C27H23FN6O2/c1-15(31-25-23(20(29)12-13-30-25)26-32-24(33-36-26)16-10-11-16)21-14-17-6-5-9-19(28)22(17)27(35)34(21)18-7-3-2-4-8-18/h2-9,12-16H,10-11H2,1H3,(H3,29,30,31)/t15-/m0/s1. The Bertz CT molecular complexity index is 1640. The van der Waals surface area contributed by atoms with Crippen molar-refractivity contribution in [2.75, 3.05) is 11.1 Å². The number of fused-ring (bicyclic) bond motifs is 1. The number of benzene rings is 2. The number of rotatable bonds is 6. The van der Waals surface area contributed by atoms with Gasteiger partial charge in [0.15, 0.2) is 5.82 Å². The maximum absolute atomic E-state index is 14.7. The molecule has 3 N–H and O–H groups in total. The number of hydrogen-bond donors (Lipinski definition) is 2. The van der Waals surface area contributed by atoms with Crippen molar-refractivity contribution in [3.8, 4) is 17.1 Å². The lowest BCUT2D eigenvalue weighted by Gasteiger charge is -2.22. The van der Waals surface area contributed by atoms with E-state index in [9.17, 15) is 9.18 Å². The summed E-state index contributed by atoms with van der Waals surface area (Å²) in [7, 11) is 0. The van der Waals surface area contributed by atoms with E-state index >= 15 is 0 Å². The van der Waals surface area contributed by atoms with Gasteiger partial charge < -0.3 is 15.6 Å². The first-order valence-electron chi connectivity index (χ1n) is 11.8. The quantitative estimate of drug-likeness (QED) is 0.342. The van der Waals surface area contributed by atoms with Crippen LogP contribution in [0.1, 0.15) is 43.2 Å². The molecule has 1 saturated carbocycles. The summed E-state index contributed by atoms with van der Waals surface area (Å²) in [5.41, 5.74) is 8.06. The van der Waals surface area contributed by atoms with Crippen molar-refractivity contribution < 1.29 is 8.91 Å². The van der Waals surface area contributed by atoms with E-state index in [1.807, 2.05) is 43.3 Å². The van der Waals surface area contributed by atoms with E-state index in [0.717, 1.165) is 12.8 Å². The summed E-state index contributed by atoms with van der Waals surface area (Å²) >= 11 is 0. The fourth-order valence-corrected chi connectivity index (χ4v) is 4.44. The SMILES string of the molecule is C[C@H](Nc1nccc(N)c1-c1nc(C2CC2)no1)c1cc2cccc(F)c2c(=O)n1-c1ccccc1. The highest BCUT2D eigenvalue weighted by Gasteiger charge is 2.30. The first-order chi connectivity index (χ1) is 17.5. The lowest BCUT2D eigenvalue weighted by atomic mass is 10.1. The zero-order valence-electron chi connectivity index (χ0n) is 19.5. The average molecular weight is 483 g/mol. The largest absolute Gasteiger partial charge is 0.398 e. The summed E-state index contributed by atoms with van der Waals surface area (Å²) in [6, 6.07) is 16.8. The lowest BCUT2D eigenvalue weighted by molar-refractivity contribution is 0.423. The molecule has 9 heteroatoms. The molecule has 0 saturated heterocycles. The van der Waals surface area contributed by atoms with Crippen molar-refractivity contribution in [3.63, 3.8) is 0 Å². The van der Waals surface area contributed by atoms with Crippen molar-refractivity contribution >= 4 is 22.3 Å². The molecule has 1 fully saturated rings. The number of anilines is 2. The molecular formula is C27H23FN6O2. The van der Waals surface area contributed by atoms with Crippen LogP contribution in [0.3, 0.4) is 0 Å². The van der Waals surface area contributed by atoms with Gasteiger partial charge >= 0.3 is 0 Å². The number of aromatic nitrogens is 4. The van der Waals surface area contributed by atoms with Crippen LogP contribution < -0.4 is 16.6 Å². The molecule has 0 aliphatic heterocycles. The van der Waals surface area contributed by atoms with E-state index in [1.54, 1.807) is 24.4 Å². The second kappa shape index (κ2) is 8.60. The summed E-state index contributed by atoms with van der Waals surface area (Å²) in [6.07, 6.45) is 3.68. The number of hydrogen-bond acceptors (Lipinski definition) is 7. The van der Waals surface area contributed by atoms with Crippen molar-refractivity contribution in [3.05, 3.63) is 94.5 Å². The van der Waals surface area contributed by atoms with Crippen LogP contribution in [-0.4, -0.2) is 19.7 Å². The van der Waals surface area contributed by atoms with Gasteiger partial charge in [-0.3, -0.25) is 9.36 Å². The van der Waals surface area contributed by atoms with Crippen molar-refractivity contribution in [1.29, 1.82) is 0 Å². The van der Waals surface area contributed by atoms with Crippen LogP contribution in [0.4, 0.5) is 15.9 Å². The Hall–Kier alpha value is -4.53. The molecule has 0 spiro atoms. The molecular weight excluding hydrogens is 459 g/mol. The highest BCUT2D eigenvalue weighted by atomic mass is 19.1. The zero-order valence-corrected chi connectivity index (χ0v) is 19.5. The van der Waals surface area contributed by atoms with Crippen LogP contribution in [0.15, 0.2) is 76.2 Å². The van der Waals surface area contributed by atoms with E-state index in [1.165, 1.54) is 10.6 Å². The molecule has 0 amide bonds. The number of pyridine rings is 2. The molecule has 3 heterocycles. The van der Waals surface area contributed by atoms with E-state index in [2.05, 4.69) is 20.4 Å². The summed E-state index contributed by atoms with van der Waals surface area (Å²) in [5, 5.41) is 8.02. The monoisotopic (exact) mass is 482 g/mol. The molecule has 1 aliphatic rings. The van der Waals surface area contributed by atoms with Gasteiger partial charge in [-0.1, -0.05) is 35.5 Å². The zero-order chi connectivity index (χ0) is 24.8. The Balaban J connectivity index is 1.47. The Morgan fingerprint density at radius 3 is 2.72 bits per heavy atom. The first kappa shape index (κ1) is 22.0. The van der Waals surface area contributed by atoms with E-state index < -0.39 is 17.4 Å². The van der Waals surface area contributed by atoms with Gasteiger partial charge in [-0.15, -0.1) is 0 Å². The Labute approximate surface area is 205 Å². The van der Waals surface area contributed by atoms with Gasteiger partial charge in [0.05, 0.1) is 11.4 Å². The molecule has 36 heavy (non-hydrogen) atoms. The Morgan fingerprint density at radius 1 is 1.14 bits per heavy atom. The van der Waals surface area contributed by atoms with E-state index in [0.29, 0.717) is 51.5 Å². The summed E-state index contributed by atoms with van der Waals surface area (Å²) in [4.78, 5) is 22.6. The maximum Gasteiger partial charge on any atom is 0.266 e. The molecule has 8 nitrogen and oxygen atoms in total. The Kier molecular flexibility index (Phi) is 5.25. The summed E-state index contributed by atoms with van der Waals surface area (Å²) in [6.45, 7) is 1.90. The second-order valence-electron chi connectivity index (χ2n) is 8.97. The van der Waals surface area contributed by atoms with Crippen molar-refractivity contribution in [1.82, 2.24) is 19.7 Å². The predicted octanol–water partition coefficient (Wildman–Crippen LogP) is 5.21. The van der Waals surface area contributed by atoms with Gasteiger partial charge in [0.25, 0.3) is 11.4 Å². The molecule has 1 atom stereocenters. The molecule has 2 aromatic carbocycles. The van der Waals surface area contributed by atoms with Gasteiger partial charge in [-0.25, -0.2) is 9.37 Å². The Morgan fingerprint density at radius 2 is 1.94 bits per heavy atom. The molecule has 1 aliphatic carbocycles. The van der Waals surface area contributed by atoms with Crippen LogP contribution >= 0.6 is 0 Å². The third-order valence-corrected chi connectivity index (χ3v) is 6.42. The minimum absolute atomic E-state index is 0.0403. The van der Waals surface area contributed by atoms with Gasteiger partial charge in [0.2, 0.25) is 0 Å². The fraction of sp³-hybridized carbons (Fsp3) is 0.185. The third-order valence-electron chi connectivity index (χ3n) is 6.42. The molecule has 6 rings (SSSR count). The molecule has 5 aromatic rings. The van der Waals surface area contributed by atoms with Crippen LogP contribution in [0.5, 0.6) is 0 Å². The minimum Gasteiger partial charge on any atom is -0.398 e. The number of nitrogens with two attached hydrogens (primary N) is 1. The maximum atomic E-state index is 14.7. The van der Waals surface area contributed by atoms with Crippen LogP contribution in [0.2, 0.25) is 0 Å². The van der Waals surface area contributed by atoms with Gasteiger partial charge in [0.1, 0.15) is 17.2 Å². The first-order valence-corrected chi connectivity index (χ1v) is 11.8. The van der Waals surface area contributed by atoms with Gasteiger partial charge in [0, 0.05) is 29.2 Å². The molecule has 3 aromatic heterocycles. The minimum atomic E-state index is -0.558. The lowest BCUT2D eigenvalue weighted by Crippen LogP contribution is -2.26. The number of nitrogen functional groups attached to an aromatic ring is 1. The fourth-order valence-electron chi connectivity index (χ4n) is 4.44. The third kappa shape index (κ3) is 3.78. The average Bonchev–Trinajstić information content (AvgIpc) is 3.62. The van der Waals surface area contributed by atoms with Crippen LogP contribution in [0, 0.1) is 5.82 Å².